The lowest BCUT2D eigenvalue weighted by atomic mass is 9.93. The molecule has 0 fully saturated rings. The molecule has 5 heteroatoms. The van der Waals surface area contributed by atoms with Crippen LogP contribution >= 0.6 is 11.6 Å². The average molecular weight is 357 g/mol. The van der Waals surface area contributed by atoms with Crippen LogP contribution in [0.5, 0.6) is 0 Å². The second kappa shape index (κ2) is 5.44. The molecule has 2 aromatic carbocycles. The highest BCUT2D eigenvalue weighted by molar-refractivity contribution is 6.69. The van der Waals surface area contributed by atoms with Crippen LogP contribution in [0.25, 0.3) is 0 Å². The van der Waals surface area contributed by atoms with Crippen LogP contribution in [0.4, 0.5) is 0 Å². The minimum absolute atomic E-state index is 0.596. The van der Waals surface area contributed by atoms with Gasteiger partial charge in [-0.3, -0.25) is 4.99 Å². The second-order valence-electron chi connectivity index (χ2n) is 7.27. The molecule has 1 unspecified atom stereocenters. The first-order valence-corrected chi connectivity index (χ1v) is 12.1. The molecule has 0 amide bonds. The van der Waals surface area contributed by atoms with E-state index in [0.29, 0.717) is 0 Å². The number of benzene rings is 2. The highest BCUT2D eigenvalue weighted by Crippen LogP contribution is 2.48. The van der Waals surface area contributed by atoms with Crippen LogP contribution in [-0.4, -0.2) is 32.1 Å². The molecule has 24 heavy (non-hydrogen) atoms. The number of fused-ring (bicyclic) bond motifs is 3. The lowest BCUT2D eigenvalue weighted by Gasteiger charge is -2.43. The molecule has 0 bridgehead atoms. The molecule has 0 aliphatic carbocycles. The summed E-state index contributed by atoms with van der Waals surface area (Å²) < 4.78 is 6.89. The summed E-state index contributed by atoms with van der Waals surface area (Å²) in [6.45, 7) is 8.39. The Balaban J connectivity index is 2.00. The average Bonchev–Trinajstić information content (AvgIpc) is 3.10. The smallest absolute Gasteiger partial charge is 0.187 e. The fourth-order valence-corrected chi connectivity index (χ4v) is 5.05. The maximum absolute atomic E-state index is 6.89. The summed E-state index contributed by atoms with van der Waals surface area (Å²) >= 11 is 6.14. The molecule has 3 nitrogen and oxygen atoms in total. The Bertz CT molecular complexity index is 813. The van der Waals surface area contributed by atoms with Crippen LogP contribution < -0.4 is 0 Å². The van der Waals surface area contributed by atoms with Crippen molar-refractivity contribution in [3.8, 4) is 0 Å². The molecule has 2 aromatic rings. The Morgan fingerprint density at radius 2 is 1.79 bits per heavy atom. The first-order valence-electron chi connectivity index (χ1n) is 8.30. The first-order chi connectivity index (χ1) is 11.4. The molecule has 0 radical (unpaired) electrons. The van der Waals surface area contributed by atoms with E-state index in [4.69, 9.17) is 21.0 Å². The Labute approximate surface area is 149 Å². The quantitative estimate of drug-likeness (QED) is 0.758. The maximum atomic E-state index is 6.89. The van der Waals surface area contributed by atoms with E-state index in [9.17, 15) is 0 Å². The van der Waals surface area contributed by atoms with Crippen LogP contribution in [0, 0.1) is 0 Å². The third-order valence-corrected chi connectivity index (χ3v) is 5.60. The van der Waals surface area contributed by atoms with Crippen molar-refractivity contribution in [2.45, 2.75) is 25.4 Å². The summed E-state index contributed by atoms with van der Waals surface area (Å²) in [5.41, 5.74) is 2.89. The monoisotopic (exact) mass is 356 g/mol. The zero-order chi connectivity index (χ0) is 16.9. The molecular weight excluding hydrogens is 336 g/mol. The standard InChI is InChI=1S/C19H21ClN2OSi/c1-24(2,3)23-19(14-8-10-15(20)11-9-14)17-7-5-4-6-16(17)18-21-12-13-22(18)19/h4-11H,12-13H2,1-3H3. The fraction of sp³-hybridized carbons (Fsp3) is 0.316. The van der Waals surface area contributed by atoms with Gasteiger partial charge in [0.25, 0.3) is 0 Å². The largest absolute Gasteiger partial charge is 0.388 e. The summed E-state index contributed by atoms with van der Waals surface area (Å²) in [4.78, 5) is 7.09. The number of amidine groups is 1. The second-order valence-corrected chi connectivity index (χ2v) is 12.1. The van der Waals surface area contributed by atoms with Crippen LogP contribution in [0.2, 0.25) is 24.7 Å². The zero-order valence-electron chi connectivity index (χ0n) is 14.2. The topological polar surface area (TPSA) is 24.8 Å². The Morgan fingerprint density at radius 3 is 2.50 bits per heavy atom. The lowest BCUT2D eigenvalue weighted by Crippen LogP contribution is -2.51. The Morgan fingerprint density at radius 1 is 1.08 bits per heavy atom. The molecule has 0 N–H and O–H groups in total. The van der Waals surface area contributed by atoms with E-state index in [0.717, 1.165) is 29.5 Å². The zero-order valence-corrected chi connectivity index (χ0v) is 16.0. The van der Waals surface area contributed by atoms with Crippen molar-refractivity contribution in [1.82, 2.24) is 4.90 Å². The summed E-state index contributed by atoms with van der Waals surface area (Å²) in [6.07, 6.45) is 0. The number of hydrogen-bond acceptors (Lipinski definition) is 3. The van der Waals surface area contributed by atoms with Crippen molar-refractivity contribution in [1.29, 1.82) is 0 Å². The van der Waals surface area contributed by atoms with Crippen molar-refractivity contribution < 1.29 is 4.43 Å². The predicted octanol–water partition coefficient (Wildman–Crippen LogP) is 4.47. The summed E-state index contributed by atoms with van der Waals surface area (Å²) in [6, 6.07) is 16.5. The van der Waals surface area contributed by atoms with Gasteiger partial charge in [-0.15, -0.1) is 0 Å². The van der Waals surface area contributed by atoms with Crippen molar-refractivity contribution in [3.05, 3.63) is 70.2 Å². The van der Waals surface area contributed by atoms with Gasteiger partial charge in [0.2, 0.25) is 0 Å². The molecule has 0 saturated carbocycles. The van der Waals surface area contributed by atoms with E-state index in [2.05, 4.69) is 60.9 Å². The Hall–Kier alpha value is -1.62. The van der Waals surface area contributed by atoms with Gasteiger partial charge in [-0.25, -0.2) is 0 Å². The highest BCUT2D eigenvalue weighted by atomic mass is 35.5. The van der Waals surface area contributed by atoms with Crippen molar-refractivity contribution in [2.75, 3.05) is 13.1 Å². The minimum atomic E-state index is -1.85. The lowest BCUT2D eigenvalue weighted by molar-refractivity contribution is -0.00555. The van der Waals surface area contributed by atoms with E-state index >= 15 is 0 Å². The van der Waals surface area contributed by atoms with Crippen LogP contribution in [0.3, 0.4) is 0 Å². The van der Waals surface area contributed by atoms with Gasteiger partial charge in [0.1, 0.15) is 5.84 Å². The number of hydrogen-bond donors (Lipinski definition) is 0. The van der Waals surface area contributed by atoms with E-state index < -0.39 is 14.0 Å². The molecule has 2 aliphatic rings. The molecule has 1 atom stereocenters. The van der Waals surface area contributed by atoms with Gasteiger partial charge in [-0.2, -0.15) is 0 Å². The van der Waals surface area contributed by atoms with Gasteiger partial charge in [0, 0.05) is 28.3 Å². The van der Waals surface area contributed by atoms with Crippen LogP contribution in [-0.2, 0) is 10.2 Å². The van der Waals surface area contributed by atoms with Gasteiger partial charge in [0.05, 0.1) is 6.54 Å². The van der Waals surface area contributed by atoms with Gasteiger partial charge >= 0.3 is 0 Å². The SMILES string of the molecule is C[Si](C)(C)OC1(c2ccc(Cl)cc2)c2ccccc2C2=NCCN21. The third kappa shape index (κ3) is 2.32. The molecule has 2 aliphatic heterocycles. The van der Waals surface area contributed by atoms with Gasteiger partial charge < -0.3 is 9.33 Å². The number of aliphatic imine (C=N–C) groups is 1. The van der Waals surface area contributed by atoms with E-state index in [1.807, 2.05) is 12.1 Å². The highest BCUT2D eigenvalue weighted by Gasteiger charge is 2.53. The molecule has 0 saturated heterocycles. The molecule has 2 heterocycles. The van der Waals surface area contributed by atoms with Gasteiger partial charge in [-0.1, -0.05) is 48.0 Å². The minimum Gasteiger partial charge on any atom is -0.388 e. The van der Waals surface area contributed by atoms with Gasteiger partial charge in [-0.05, 0) is 31.8 Å². The number of nitrogens with zero attached hydrogens (tertiary/aromatic N) is 2. The molecule has 0 spiro atoms. The summed E-state index contributed by atoms with van der Waals surface area (Å²) in [7, 11) is -1.85. The van der Waals surface area contributed by atoms with E-state index in [1.54, 1.807) is 0 Å². The Kier molecular flexibility index (Phi) is 3.60. The maximum Gasteiger partial charge on any atom is 0.187 e. The first kappa shape index (κ1) is 15.9. The number of halogens is 1. The van der Waals surface area contributed by atoms with E-state index in [-0.39, 0.29) is 0 Å². The van der Waals surface area contributed by atoms with Crippen LogP contribution in [0.1, 0.15) is 16.7 Å². The van der Waals surface area contributed by atoms with Crippen molar-refractivity contribution >= 4 is 25.8 Å². The van der Waals surface area contributed by atoms with Crippen LogP contribution in [0.15, 0.2) is 53.5 Å². The van der Waals surface area contributed by atoms with Crippen molar-refractivity contribution in [3.63, 3.8) is 0 Å². The predicted molar refractivity (Wildman–Crippen MR) is 101 cm³/mol. The fourth-order valence-electron chi connectivity index (χ4n) is 3.70. The van der Waals surface area contributed by atoms with Gasteiger partial charge in [0.15, 0.2) is 14.0 Å². The number of rotatable bonds is 3. The molecule has 124 valence electrons. The molecule has 4 rings (SSSR count). The third-order valence-electron chi connectivity index (χ3n) is 4.44. The molecular formula is C19H21ClN2OSi. The molecule has 0 aromatic heterocycles. The summed E-state index contributed by atoms with van der Waals surface area (Å²) in [5, 5.41) is 0.739. The van der Waals surface area contributed by atoms with E-state index in [1.165, 1.54) is 11.1 Å². The summed E-state index contributed by atoms with van der Waals surface area (Å²) in [5.74, 6) is 1.05. The van der Waals surface area contributed by atoms with Crippen molar-refractivity contribution in [2.24, 2.45) is 4.99 Å². The normalized spacial score (nSPS) is 22.3.